The summed E-state index contributed by atoms with van der Waals surface area (Å²) in [5.74, 6) is -0.266. The molecule has 0 amide bonds. The normalized spacial score (nSPS) is 12.0. The van der Waals surface area contributed by atoms with Crippen LogP contribution in [0.5, 0.6) is 0 Å². The van der Waals surface area contributed by atoms with Gasteiger partial charge in [-0.25, -0.2) is 0 Å². The van der Waals surface area contributed by atoms with Gasteiger partial charge in [-0.1, -0.05) is 168 Å². The Morgan fingerprint density at radius 3 is 1.09 bits per heavy atom. The Labute approximate surface area is 279 Å². The zero-order chi connectivity index (χ0) is 32.9. The third-order valence-corrected chi connectivity index (χ3v) is 8.56. The van der Waals surface area contributed by atoms with E-state index in [1.54, 1.807) is 0 Å². The molecule has 0 aliphatic rings. The van der Waals surface area contributed by atoms with Gasteiger partial charge in [-0.3, -0.25) is 9.59 Å². The van der Waals surface area contributed by atoms with Crippen LogP contribution in [0.1, 0.15) is 201 Å². The molecule has 0 radical (unpaired) electrons. The van der Waals surface area contributed by atoms with Gasteiger partial charge in [-0.05, 0) is 19.8 Å². The fourth-order valence-corrected chi connectivity index (χ4v) is 5.64. The van der Waals surface area contributed by atoms with Gasteiger partial charge in [0.15, 0.2) is 0 Å². The summed E-state index contributed by atoms with van der Waals surface area (Å²) in [4.78, 5) is 23.8. The highest BCUT2D eigenvalue weighted by molar-refractivity contribution is 5.69. The Balaban J connectivity index is 3.35. The summed E-state index contributed by atoms with van der Waals surface area (Å²) in [6.45, 7) is 8.17. The van der Waals surface area contributed by atoms with Crippen LogP contribution in [0.15, 0.2) is 0 Å². The molecule has 6 heteroatoms. The summed E-state index contributed by atoms with van der Waals surface area (Å²) in [6, 6.07) is 0. The van der Waals surface area contributed by atoms with Crippen molar-refractivity contribution in [2.45, 2.75) is 207 Å². The van der Waals surface area contributed by atoms with Gasteiger partial charge in [0.2, 0.25) is 0 Å². The molecule has 6 nitrogen and oxygen atoms in total. The van der Waals surface area contributed by atoms with Crippen LogP contribution in [0, 0.1) is 0 Å². The fraction of sp³-hybridized carbons (Fsp3) is 0.949. The first kappa shape index (κ1) is 43.9. The molecule has 0 aliphatic heterocycles. The Morgan fingerprint density at radius 2 is 0.733 bits per heavy atom. The maximum absolute atomic E-state index is 11.9. The molecule has 0 saturated heterocycles. The Bertz CT molecular complexity index is 610. The maximum atomic E-state index is 11.9. The molecule has 0 rings (SSSR count). The number of rotatable bonds is 37. The van der Waals surface area contributed by atoms with Gasteiger partial charge in [0.05, 0.1) is 25.9 Å². The molecule has 0 saturated carbocycles. The van der Waals surface area contributed by atoms with E-state index in [1.807, 2.05) is 6.92 Å². The second-order valence-electron chi connectivity index (χ2n) is 13.2. The molecular weight excluding hydrogens is 564 g/mol. The lowest BCUT2D eigenvalue weighted by atomic mass is 10.0. The summed E-state index contributed by atoms with van der Waals surface area (Å²) in [6.07, 6.45) is 34.6. The lowest BCUT2D eigenvalue weighted by Gasteiger charge is -2.14. The van der Waals surface area contributed by atoms with Gasteiger partial charge < -0.3 is 18.9 Å². The third-order valence-electron chi connectivity index (χ3n) is 8.56. The van der Waals surface area contributed by atoms with E-state index in [0.29, 0.717) is 32.7 Å². The minimum Gasteiger partial charge on any atom is -0.463 e. The molecule has 0 spiro atoms. The standard InChI is InChI=1S/C39H76O6/c1-4-6-8-10-12-14-16-18-20-22-24-26-28-30-38(40)44-33-32-42-36-37(3)43-34-35-45-39(41)31-29-27-25-23-21-19-17-15-13-11-9-7-5-2/h37H,4-36H2,1-3H3. The van der Waals surface area contributed by atoms with Crippen LogP contribution in [0.4, 0.5) is 0 Å². The minimum absolute atomic E-state index is 0.105. The van der Waals surface area contributed by atoms with Gasteiger partial charge >= 0.3 is 11.9 Å². The van der Waals surface area contributed by atoms with E-state index in [0.717, 1.165) is 25.7 Å². The molecule has 0 bridgehead atoms. The van der Waals surface area contributed by atoms with E-state index in [2.05, 4.69) is 13.8 Å². The van der Waals surface area contributed by atoms with Crippen molar-refractivity contribution in [3.63, 3.8) is 0 Å². The molecule has 0 fully saturated rings. The number of hydrogen-bond donors (Lipinski definition) is 0. The first-order chi connectivity index (χ1) is 22.1. The molecular formula is C39H76O6. The van der Waals surface area contributed by atoms with E-state index >= 15 is 0 Å². The molecule has 1 unspecified atom stereocenters. The van der Waals surface area contributed by atoms with Gasteiger partial charge in [-0.15, -0.1) is 0 Å². The number of carbonyl (C=O) groups is 2. The lowest BCUT2D eigenvalue weighted by Crippen LogP contribution is -2.21. The van der Waals surface area contributed by atoms with Gasteiger partial charge in [0, 0.05) is 12.8 Å². The van der Waals surface area contributed by atoms with Crippen LogP contribution in [0.25, 0.3) is 0 Å². The minimum atomic E-state index is -0.133. The molecule has 0 N–H and O–H groups in total. The van der Waals surface area contributed by atoms with E-state index in [1.165, 1.54) is 141 Å². The van der Waals surface area contributed by atoms with Crippen LogP contribution in [0.3, 0.4) is 0 Å². The SMILES string of the molecule is CCCCCCCCCCCCCCCC(=O)OCCOCC(C)OCCOC(=O)CCCCCCCCCCCCCCC. The third kappa shape index (κ3) is 37.2. The first-order valence-electron chi connectivity index (χ1n) is 19.6. The number of unbranched alkanes of at least 4 members (excludes halogenated alkanes) is 24. The average Bonchev–Trinajstić information content (AvgIpc) is 3.03. The molecule has 0 aromatic heterocycles. The van der Waals surface area contributed by atoms with Crippen molar-refractivity contribution in [3.05, 3.63) is 0 Å². The van der Waals surface area contributed by atoms with E-state index in [4.69, 9.17) is 18.9 Å². The Kier molecular flexibility index (Phi) is 36.4. The van der Waals surface area contributed by atoms with Crippen LogP contribution in [-0.2, 0) is 28.5 Å². The van der Waals surface area contributed by atoms with Crippen molar-refractivity contribution in [2.24, 2.45) is 0 Å². The summed E-state index contributed by atoms with van der Waals surface area (Å²) in [5, 5.41) is 0. The summed E-state index contributed by atoms with van der Waals surface area (Å²) >= 11 is 0. The number of hydrogen-bond acceptors (Lipinski definition) is 6. The van der Waals surface area contributed by atoms with E-state index < -0.39 is 0 Å². The highest BCUT2D eigenvalue weighted by Gasteiger charge is 2.07. The smallest absolute Gasteiger partial charge is 0.305 e. The topological polar surface area (TPSA) is 71.1 Å². The molecule has 1 atom stereocenters. The van der Waals surface area contributed by atoms with Crippen LogP contribution in [0.2, 0.25) is 0 Å². The van der Waals surface area contributed by atoms with Crippen LogP contribution >= 0.6 is 0 Å². The van der Waals surface area contributed by atoms with Crippen molar-refractivity contribution < 1.29 is 28.5 Å². The molecule has 0 aromatic carbocycles. The largest absolute Gasteiger partial charge is 0.463 e. The lowest BCUT2D eigenvalue weighted by molar-refractivity contribution is -0.148. The highest BCUT2D eigenvalue weighted by Crippen LogP contribution is 2.14. The number of ether oxygens (including phenoxy) is 4. The Hall–Kier alpha value is -1.14. The molecule has 45 heavy (non-hydrogen) atoms. The average molecular weight is 641 g/mol. The zero-order valence-corrected chi connectivity index (χ0v) is 30.4. The van der Waals surface area contributed by atoms with Crippen molar-refractivity contribution >= 4 is 11.9 Å². The highest BCUT2D eigenvalue weighted by atomic mass is 16.6. The molecule has 0 aromatic rings. The Morgan fingerprint density at radius 1 is 0.422 bits per heavy atom. The van der Waals surface area contributed by atoms with Crippen molar-refractivity contribution in [1.29, 1.82) is 0 Å². The predicted molar refractivity (Wildman–Crippen MR) is 189 cm³/mol. The molecule has 268 valence electrons. The second kappa shape index (κ2) is 37.3. The summed E-state index contributed by atoms with van der Waals surface area (Å²) in [5.41, 5.74) is 0. The van der Waals surface area contributed by atoms with Crippen molar-refractivity contribution in [1.82, 2.24) is 0 Å². The quantitative estimate of drug-likeness (QED) is 0.0497. The zero-order valence-electron chi connectivity index (χ0n) is 30.4. The van der Waals surface area contributed by atoms with Crippen LogP contribution < -0.4 is 0 Å². The van der Waals surface area contributed by atoms with Crippen molar-refractivity contribution in [2.75, 3.05) is 33.0 Å². The van der Waals surface area contributed by atoms with Gasteiger partial charge in [0.1, 0.15) is 13.2 Å². The predicted octanol–water partition coefficient (Wildman–Crippen LogP) is 11.5. The molecule has 0 aliphatic carbocycles. The number of carbonyl (C=O) groups excluding carboxylic acids is 2. The van der Waals surface area contributed by atoms with E-state index in [9.17, 15) is 9.59 Å². The van der Waals surface area contributed by atoms with Crippen LogP contribution in [-0.4, -0.2) is 51.1 Å². The fourth-order valence-electron chi connectivity index (χ4n) is 5.64. The van der Waals surface area contributed by atoms with Gasteiger partial charge in [0.25, 0.3) is 0 Å². The summed E-state index contributed by atoms with van der Waals surface area (Å²) < 4.78 is 21.8. The van der Waals surface area contributed by atoms with Gasteiger partial charge in [-0.2, -0.15) is 0 Å². The number of esters is 2. The van der Waals surface area contributed by atoms with Crippen molar-refractivity contribution in [3.8, 4) is 0 Å². The van der Waals surface area contributed by atoms with E-state index in [-0.39, 0.29) is 31.3 Å². The second-order valence-corrected chi connectivity index (χ2v) is 13.2. The first-order valence-corrected chi connectivity index (χ1v) is 19.6. The summed E-state index contributed by atoms with van der Waals surface area (Å²) in [7, 11) is 0. The maximum Gasteiger partial charge on any atom is 0.305 e. The molecule has 0 heterocycles. The monoisotopic (exact) mass is 641 g/mol.